The molecule has 0 aliphatic rings. The second-order valence-electron chi connectivity index (χ2n) is 4.03. The van der Waals surface area contributed by atoms with Crippen LogP contribution in [0.1, 0.15) is 20.8 Å². The Bertz CT molecular complexity index is 356. The molecule has 0 unspecified atom stereocenters. The van der Waals surface area contributed by atoms with Crippen LogP contribution in [-0.4, -0.2) is 35.9 Å². The SMILES string of the molecule is CCN(CCO)c1ccc(N)c(OC(C)C)n1. The number of hydrogen-bond acceptors (Lipinski definition) is 5. The molecule has 96 valence electrons. The molecule has 17 heavy (non-hydrogen) atoms. The zero-order chi connectivity index (χ0) is 12.8. The summed E-state index contributed by atoms with van der Waals surface area (Å²) in [5, 5.41) is 8.97. The molecular formula is C12H21N3O2. The van der Waals surface area contributed by atoms with Crippen LogP contribution in [-0.2, 0) is 0 Å². The van der Waals surface area contributed by atoms with Crippen LogP contribution in [0.2, 0.25) is 0 Å². The van der Waals surface area contributed by atoms with Crippen molar-refractivity contribution in [2.45, 2.75) is 26.9 Å². The zero-order valence-electron chi connectivity index (χ0n) is 10.7. The third kappa shape index (κ3) is 3.78. The Kier molecular flexibility index (Phi) is 5.03. The van der Waals surface area contributed by atoms with Crippen molar-refractivity contribution in [1.29, 1.82) is 0 Å². The van der Waals surface area contributed by atoms with Crippen LogP contribution >= 0.6 is 0 Å². The van der Waals surface area contributed by atoms with Crippen molar-refractivity contribution in [2.75, 3.05) is 30.3 Å². The lowest BCUT2D eigenvalue weighted by molar-refractivity contribution is 0.234. The van der Waals surface area contributed by atoms with Gasteiger partial charge in [0.15, 0.2) is 0 Å². The van der Waals surface area contributed by atoms with E-state index in [1.165, 1.54) is 0 Å². The third-order valence-electron chi connectivity index (χ3n) is 2.30. The standard InChI is InChI=1S/C12H21N3O2/c1-4-15(7-8-16)11-6-5-10(13)12(14-11)17-9(2)3/h5-6,9,16H,4,7-8,13H2,1-3H3. The van der Waals surface area contributed by atoms with Gasteiger partial charge in [0.2, 0.25) is 5.88 Å². The molecule has 0 aliphatic heterocycles. The number of aromatic nitrogens is 1. The topological polar surface area (TPSA) is 71.6 Å². The molecule has 1 aromatic rings. The Balaban J connectivity index is 2.93. The van der Waals surface area contributed by atoms with Gasteiger partial charge in [-0.1, -0.05) is 0 Å². The van der Waals surface area contributed by atoms with Gasteiger partial charge in [-0.15, -0.1) is 0 Å². The van der Waals surface area contributed by atoms with E-state index in [1.54, 1.807) is 6.07 Å². The Morgan fingerprint density at radius 1 is 1.47 bits per heavy atom. The van der Waals surface area contributed by atoms with Crippen LogP contribution in [0.25, 0.3) is 0 Å². The minimum atomic E-state index is 0.0352. The van der Waals surface area contributed by atoms with Crippen LogP contribution in [0.5, 0.6) is 5.88 Å². The van der Waals surface area contributed by atoms with Gasteiger partial charge < -0.3 is 20.5 Å². The Morgan fingerprint density at radius 2 is 2.18 bits per heavy atom. The molecule has 0 bridgehead atoms. The molecule has 5 nitrogen and oxygen atoms in total. The molecule has 0 fully saturated rings. The van der Waals surface area contributed by atoms with Crippen molar-refractivity contribution in [3.05, 3.63) is 12.1 Å². The summed E-state index contributed by atoms with van der Waals surface area (Å²) in [5.74, 6) is 1.22. The van der Waals surface area contributed by atoms with Gasteiger partial charge in [-0.3, -0.25) is 0 Å². The van der Waals surface area contributed by atoms with E-state index in [0.717, 1.165) is 12.4 Å². The predicted octanol–water partition coefficient (Wildman–Crippen LogP) is 1.27. The number of pyridine rings is 1. The first-order valence-electron chi connectivity index (χ1n) is 5.87. The van der Waals surface area contributed by atoms with E-state index in [2.05, 4.69) is 4.98 Å². The van der Waals surface area contributed by atoms with Crippen LogP contribution in [0.3, 0.4) is 0 Å². The summed E-state index contributed by atoms with van der Waals surface area (Å²) in [4.78, 5) is 6.33. The molecule has 0 atom stereocenters. The average molecular weight is 239 g/mol. The second kappa shape index (κ2) is 6.30. The minimum absolute atomic E-state index is 0.0352. The van der Waals surface area contributed by atoms with Crippen molar-refractivity contribution in [2.24, 2.45) is 0 Å². The number of aliphatic hydroxyl groups excluding tert-OH is 1. The highest BCUT2D eigenvalue weighted by atomic mass is 16.5. The molecule has 0 amide bonds. The van der Waals surface area contributed by atoms with Gasteiger partial charge in [0.25, 0.3) is 0 Å². The highest BCUT2D eigenvalue weighted by molar-refractivity contribution is 5.54. The van der Waals surface area contributed by atoms with E-state index in [4.69, 9.17) is 15.6 Å². The molecule has 0 saturated carbocycles. The summed E-state index contributed by atoms with van der Waals surface area (Å²) < 4.78 is 5.53. The first kappa shape index (κ1) is 13.6. The van der Waals surface area contributed by atoms with Crippen molar-refractivity contribution in [3.63, 3.8) is 0 Å². The normalized spacial score (nSPS) is 10.6. The van der Waals surface area contributed by atoms with Gasteiger partial charge in [0.05, 0.1) is 18.4 Å². The molecule has 3 N–H and O–H groups in total. The number of nitrogens with zero attached hydrogens (tertiary/aromatic N) is 2. The largest absolute Gasteiger partial charge is 0.473 e. The van der Waals surface area contributed by atoms with E-state index in [-0.39, 0.29) is 12.7 Å². The molecule has 0 aromatic carbocycles. The molecule has 0 saturated heterocycles. The minimum Gasteiger partial charge on any atom is -0.473 e. The fraction of sp³-hybridized carbons (Fsp3) is 0.583. The Hall–Kier alpha value is -1.49. The number of rotatable bonds is 6. The Morgan fingerprint density at radius 3 is 2.71 bits per heavy atom. The second-order valence-corrected chi connectivity index (χ2v) is 4.03. The summed E-state index contributed by atoms with van der Waals surface area (Å²) in [5.41, 5.74) is 6.33. The fourth-order valence-corrected chi connectivity index (χ4v) is 1.49. The number of likely N-dealkylation sites (N-methyl/N-ethyl adjacent to an activating group) is 1. The molecule has 1 heterocycles. The van der Waals surface area contributed by atoms with Crippen LogP contribution in [0.4, 0.5) is 11.5 Å². The molecule has 0 spiro atoms. The van der Waals surface area contributed by atoms with E-state index in [9.17, 15) is 0 Å². The smallest absolute Gasteiger partial charge is 0.239 e. The van der Waals surface area contributed by atoms with Gasteiger partial charge in [-0.25, -0.2) is 0 Å². The highest BCUT2D eigenvalue weighted by Gasteiger charge is 2.10. The lowest BCUT2D eigenvalue weighted by Crippen LogP contribution is -2.27. The number of ether oxygens (including phenoxy) is 1. The first-order valence-corrected chi connectivity index (χ1v) is 5.87. The molecular weight excluding hydrogens is 218 g/mol. The summed E-state index contributed by atoms with van der Waals surface area (Å²) >= 11 is 0. The highest BCUT2D eigenvalue weighted by Crippen LogP contribution is 2.23. The van der Waals surface area contributed by atoms with Gasteiger partial charge >= 0.3 is 0 Å². The van der Waals surface area contributed by atoms with Gasteiger partial charge in [0, 0.05) is 13.1 Å². The van der Waals surface area contributed by atoms with E-state index in [1.807, 2.05) is 31.7 Å². The van der Waals surface area contributed by atoms with Crippen molar-refractivity contribution >= 4 is 11.5 Å². The average Bonchev–Trinajstić information content (AvgIpc) is 2.28. The summed E-state index contributed by atoms with van der Waals surface area (Å²) in [7, 11) is 0. The molecule has 1 rings (SSSR count). The summed E-state index contributed by atoms with van der Waals surface area (Å²) in [6.45, 7) is 7.29. The lowest BCUT2D eigenvalue weighted by atomic mass is 10.3. The number of nitrogen functional groups attached to an aromatic ring is 1. The van der Waals surface area contributed by atoms with E-state index >= 15 is 0 Å². The van der Waals surface area contributed by atoms with E-state index in [0.29, 0.717) is 18.1 Å². The third-order valence-corrected chi connectivity index (χ3v) is 2.30. The molecule has 1 aromatic heterocycles. The molecule has 5 heteroatoms. The van der Waals surface area contributed by atoms with E-state index < -0.39 is 0 Å². The molecule has 0 aliphatic carbocycles. The van der Waals surface area contributed by atoms with Gasteiger partial charge in [0.1, 0.15) is 5.82 Å². The maximum absolute atomic E-state index is 8.97. The number of hydrogen-bond donors (Lipinski definition) is 2. The predicted molar refractivity (Wildman–Crippen MR) is 69.4 cm³/mol. The van der Waals surface area contributed by atoms with Crippen molar-refractivity contribution < 1.29 is 9.84 Å². The monoisotopic (exact) mass is 239 g/mol. The number of aliphatic hydroxyl groups is 1. The quantitative estimate of drug-likeness (QED) is 0.782. The Labute approximate surface area is 102 Å². The van der Waals surface area contributed by atoms with Gasteiger partial charge in [-0.2, -0.15) is 4.98 Å². The van der Waals surface area contributed by atoms with Crippen molar-refractivity contribution in [1.82, 2.24) is 4.98 Å². The maximum Gasteiger partial charge on any atom is 0.239 e. The van der Waals surface area contributed by atoms with Crippen LogP contribution in [0.15, 0.2) is 12.1 Å². The van der Waals surface area contributed by atoms with Gasteiger partial charge in [-0.05, 0) is 32.9 Å². The lowest BCUT2D eigenvalue weighted by Gasteiger charge is -2.22. The van der Waals surface area contributed by atoms with Crippen LogP contribution in [0, 0.1) is 0 Å². The molecule has 0 radical (unpaired) electrons. The first-order chi connectivity index (χ1) is 8.08. The number of nitrogens with two attached hydrogens (primary N) is 1. The van der Waals surface area contributed by atoms with Crippen molar-refractivity contribution in [3.8, 4) is 5.88 Å². The number of anilines is 2. The zero-order valence-corrected chi connectivity index (χ0v) is 10.7. The summed E-state index contributed by atoms with van der Waals surface area (Å²) in [6, 6.07) is 3.61. The van der Waals surface area contributed by atoms with Crippen LogP contribution < -0.4 is 15.4 Å². The maximum atomic E-state index is 8.97. The fourth-order valence-electron chi connectivity index (χ4n) is 1.49. The summed E-state index contributed by atoms with van der Waals surface area (Å²) in [6.07, 6.45) is 0.0352.